The van der Waals surface area contributed by atoms with Gasteiger partial charge >= 0.3 is 23.9 Å². The van der Waals surface area contributed by atoms with E-state index in [4.69, 9.17) is 28.4 Å². The van der Waals surface area contributed by atoms with E-state index in [9.17, 15) is 19.2 Å². The van der Waals surface area contributed by atoms with E-state index in [0.717, 1.165) is 26.8 Å². The highest BCUT2D eigenvalue weighted by atomic mass is 79.9. The Balaban J connectivity index is 0.00000841. The van der Waals surface area contributed by atoms with Gasteiger partial charge in [0.25, 0.3) is 0 Å². The summed E-state index contributed by atoms with van der Waals surface area (Å²) in [5, 5.41) is 0. The van der Waals surface area contributed by atoms with Crippen LogP contribution in [0.1, 0.15) is 40.5 Å². The minimum Gasteiger partial charge on any atom is -1.00 e. The van der Waals surface area contributed by atoms with Crippen LogP contribution >= 0.6 is 0 Å². The van der Waals surface area contributed by atoms with E-state index in [0.29, 0.717) is 6.42 Å². The highest BCUT2D eigenvalue weighted by Gasteiger charge is 2.52. The Morgan fingerprint density at radius 3 is 1.83 bits per heavy atom. The van der Waals surface area contributed by atoms with Gasteiger partial charge in [0, 0.05) is 27.7 Å². The van der Waals surface area contributed by atoms with Gasteiger partial charge in [0.2, 0.25) is 0 Å². The largest absolute Gasteiger partial charge is 1.00 e. The second kappa shape index (κ2) is 14.3. The lowest BCUT2D eigenvalue weighted by Crippen LogP contribution is -3.00. The lowest BCUT2D eigenvalue weighted by Gasteiger charge is -2.44. The smallest absolute Gasteiger partial charge is 0.303 e. The third-order valence-electron chi connectivity index (χ3n) is 3.87. The van der Waals surface area contributed by atoms with Crippen LogP contribution in [-0.4, -0.2) is 74.3 Å². The summed E-state index contributed by atoms with van der Waals surface area (Å²) in [5.41, 5.74) is 3.75. The molecule has 0 aromatic rings. The first-order valence-corrected chi connectivity index (χ1v) is 9.37. The van der Waals surface area contributed by atoms with E-state index in [2.05, 4.69) is 5.73 Å². The number of esters is 4. The molecule has 1 saturated heterocycles. The highest BCUT2D eigenvalue weighted by Crippen LogP contribution is 2.30. The molecule has 1 unspecified atom stereocenters. The lowest BCUT2D eigenvalue weighted by atomic mass is 9.98. The summed E-state index contributed by atoms with van der Waals surface area (Å²) < 4.78 is 32.3. The number of carbonyl (C=O) groups is 4. The molecule has 1 aliphatic rings. The average Bonchev–Trinajstić information content (AvgIpc) is 2.60. The highest BCUT2D eigenvalue weighted by molar-refractivity contribution is 5.68. The van der Waals surface area contributed by atoms with Crippen LogP contribution < -0.4 is 22.7 Å². The van der Waals surface area contributed by atoms with Crippen LogP contribution in [-0.2, 0) is 47.6 Å². The summed E-state index contributed by atoms with van der Waals surface area (Å²) in [6.07, 6.45) is -4.22. The summed E-state index contributed by atoms with van der Waals surface area (Å²) >= 11 is 0. The Morgan fingerprint density at radius 2 is 1.33 bits per heavy atom. The fourth-order valence-corrected chi connectivity index (χ4v) is 2.80. The molecule has 5 atom stereocenters. The van der Waals surface area contributed by atoms with Crippen molar-refractivity contribution in [2.24, 2.45) is 0 Å². The Hall–Kier alpha value is -1.76. The third-order valence-corrected chi connectivity index (χ3v) is 3.87. The second-order valence-electron chi connectivity index (χ2n) is 6.50. The van der Waals surface area contributed by atoms with Gasteiger partial charge in [-0.1, -0.05) is 0 Å². The number of rotatable bonds is 10. The monoisotopic (exact) mass is 499 g/mol. The van der Waals surface area contributed by atoms with E-state index in [1.54, 1.807) is 0 Å². The third kappa shape index (κ3) is 9.83. The average molecular weight is 500 g/mol. The minimum atomic E-state index is -1.22. The van der Waals surface area contributed by atoms with Crippen LogP contribution in [0.4, 0.5) is 0 Å². The molecule has 0 aliphatic carbocycles. The summed E-state index contributed by atoms with van der Waals surface area (Å²) in [6.45, 7) is 5.42. The van der Waals surface area contributed by atoms with Gasteiger partial charge in [-0.25, -0.2) is 0 Å². The second-order valence-corrected chi connectivity index (χ2v) is 6.50. The first-order valence-electron chi connectivity index (χ1n) is 9.37. The van der Waals surface area contributed by atoms with Gasteiger partial charge in [-0.05, 0) is 12.8 Å². The SMILES string of the molecule is CC(=O)OC[C@H]1OC(OCCCC[NH3+])[C@H](OC(C)=O)[C@@H](OC(C)=O)[C@@H]1OC(C)=O.[Br-]. The van der Waals surface area contributed by atoms with Crippen molar-refractivity contribution in [3.8, 4) is 0 Å². The van der Waals surface area contributed by atoms with Gasteiger partial charge in [0.05, 0.1) is 13.2 Å². The number of halogens is 1. The van der Waals surface area contributed by atoms with Crippen molar-refractivity contribution in [3.05, 3.63) is 0 Å². The molecular formula is C18H30BrNO10. The van der Waals surface area contributed by atoms with Gasteiger partial charge in [-0.3, -0.25) is 19.2 Å². The van der Waals surface area contributed by atoms with Crippen LogP contribution in [0.3, 0.4) is 0 Å². The first kappa shape index (κ1) is 28.2. The number of hydrogen-bond acceptors (Lipinski definition) is 10. The van der Waals surface area contributed by atoms with Crippen molar-refractivity contribution in [2.45, 2.75) is 71.2 Å². The molecule has 0 aromatic heterocycles. The predicted molar refractivity (Wildman–Crippen MR) is 94.9 cm³/mol. The predicted octanol–water partition coefficient (Wildman–Crippen LogP) is -3.89. The van der Waals surface area contributed by atoms with E-state index in [1.807, 2.05) is 0 Å². The first-order chi connectivity index (χ1) is 13.6. The molecule has 1 rings (SSSR count). The molecule has 1 aliphatic heterocycles. The molecule has 11 nitrogen and oxygen atoms in total. The number of carbonyl (C=O) groups excluding carboxylic acids is 4. The molecule has 0 saturated carbocycles. The van der Waals surface area contributed by atoms with Crippen LogP contribution in [0, 0.1) is 0 Å². The van der Waals surface area contributed by atoms with E-state index >= 15 is 0 Å². The molecular weight excluding hydrogens is 470 g/mol. The maximum atomic E-state index is 11.7. The van der Waals surface area contributed by atoms with Gasteiger partial charge in [-0.2, -0.15) is 0 Å². The Morgan fingerprint density at radius 1 is 0.800 bits per heavy atom. The van der Waals surface area contributed by atoms with Gasteiger partial charge in [0.15, 0.2) is 24.6 Å². The Bertz CT molecular complexity index is 587. The zero-order chi connectivity index (χ0) is 22.0. The van der Waals surface area contributed by atoms with Crippen molar-refractivity contribution in [1.29, 1.82) is 0 Å². The van der Waals surface area contributed by atoms with Crippen molar-refractivity contribution < 1.29 is 70.3 Å². The standard InChI is InChI=1S/C18H29NO10.BrH/c1-10(20)25-9-14-15(26-11(2)21)16(27-12(3)22)17(28-13(4)23)18(29-14)24-8-6-5-7-19;/h14-18H,5-9,19H2,1-4H3;1H/t14-,15-,16+,17-,18?;/m1./s1. The van der Waals surface area contributed by atoms with Gasteiger partial charge in [0.1, 0.15) is 12.7 Å². The van der Waals surface area contributed by atoms with E-state index in [-0.39, 0.29) is 30.2 Å². The minimum absolute atomic E-state index is 0. The summed E-state index contributed by atoms with van der Waals surface area (Å²) in [6, 6.07) is 0. The molecule has 0 aromatic carbocycles. The molecule has 3 N–H and O–H groups in total. The zero-order valence-electron chi connectivity index (χ0n) is 17.6. The number of quaternary nitrogens is 1. The molecule has 174 valence electrons. The molecule has 30 heavy (non-hydrogen) atoms. The van der Waals surface area contributed by atoms with Crippen LogP contribution in [0.5, 0.6) is 0 Å². The quantitative estimate of drug-likeness (QED) is 0.179. The number of hydrogen-bond donors (Lipinski definition) is 1. The van der Waals surface area contributed by atoms with Crippen molar-refractivity contribution in [3.63, 3.8) is 0 Å². The maximum absolute atomic E-state index is 11.7. The maximum Gasteiger partial charge on any atom is 0.303 e. The van der Waals surface area contributed by atoms with Crippen molar-refractivity contribution >= 4 is 23.9 Å². The molecule has 0 amide bonds. The molecule has 0 bridgehead atoms. The molecule has 1 heterocycles. The van der Waals surface area contributed by atoms with Crippen LogP contribution in [0.15, 0.2) is 0 Å². The Kier molecular flexibility index (Phi) is 13.4. The summed E-state index contributed by atoms with van der Waals surface area (Å²) in [4.78, 5) is 46.2. The normalized spacial score (nSPS) is 25.4. The molecule has 0 spiro atoms. The summed E-state index contributed by atoms with van der Waals surface area (Å²) in [7, 11) is 0. The number of ether oxygens (including phenoxy) is 6. The lowest BCUT2D eigenvalue weighted by molar-refractivity contribution is -0.369. The summed E-state index contributed by atoms with van der Waals surface area (Å²) in [5.74, 6) is -2.61. The topological polar surface area (TPSA) is 151 Å². The molecule has 0 radical (unpaired) electrons. The Labute approximate surface area is 185 Å². The van der Waals surface area contributed by atoms with E-state index < -0.39 is 54.6 Å². The van der Waals surface area contributed by atoms with Crippen molar-refractivity contribution in [1.82, 2.24) is 0 Å². The molecule has 12 heteroatoms. The van der Waals surface area contributed by atoms with Crippen molar-refractivity contribution in [2.75, 3.05) is 19.8 Å². The molecule has 1 fully saturated rings. The zero-order valence-corrected chi connectivity index (χ0v) is 19.2. The van der Waals surface area contributed by atoms with Crippen LogP contribution in [0.25, 0.3) is 0 Å². The van der Waals surface area contributed by atoms with Crippen LogP contribution in [0.2, 0.25) is 0 Å². The number of unbranched alkanes of at least 4 members (excludes halogenated alkanes) is 1. The fraction of sp³-hybridized carbons (Fsp3) is 0.778. The fourth-order valence-electron chi connectivity index (χ4n) is 2.80. The van der Waals surface area contributed by atoms with E-state index in [1.165, 1.54) is 13.8 Å². The van der Waals surface area contributed by atoms with Gasteiger partial charge < -0.3 is 51.1 Å². The van der Waals surface area contributed by atoms with Gasteiger partial charge in [-0.15, -0.1) is 0 Å².